The molecule has 1 aromatic carbocycles. The fourth-order valence-electron chi connectivity index (χ4n) is 4.06. The van der Waals surface area contributed by atoms with Gasteiger partial charge in [-0.15, -0.1) is 0 Å². The number of aliphatic carboxylic acids is 1. The van der Waals surface area contributed by atoms with Crippen molar-refractivity contribution in [1.29, 1.82) is 0 Å². The number of rotatable bonds is 5. The summed E-state index contributed by atoms with van der Waals surface area (Å²) in [6, 6.07) is 7.45. The Kier molecular flexibility index (Phi) is 4.82. The molecular formula is C19H17BrClN3O3. The van der Waals surface area contributed by atoms with Crippen molar-refractivity contribution in [2.24, 2.45) is 23.7 Å². The van der Waals surface area contributed by atoms with Crippen molar-refractivity contribution in [2.45, 2.75) is 13.0 Å². The average Bonchev–Trinajstić information content (AvgIpc) is 3.32. The molecule has 1 aromatic heterocycles. The van der Waals surface area contributed by atoms with Gasteiger partial charge in [0.1, 0.15) is 0 Å². The number of anilines is 1. The Bertz CT molecular complexity index is 925. The minimum absolute atomic E-state index is 0.0222. The number of carbonyl (C=O) groups excluding carboxylic acids is 1. The van der Waals surface area contributed by atoms with E-state index >= 15 is 0 Å². The summed E-state index contributed by atoms with van der Waals surface area (Å²) in [5.41, 5.74) is 1.02. The van der Waals surface area contributed by atoms with E-state index in [0.29, 0.717) is 21.9 Å². The Morgan fingerprint density at radius 1 is 1.22 bits per heavy atom. The molecule has 4 rings (SSSR count). The maximum Gasteiger partial charge on any atom is 0.307 e. The second kappa shape index (κ2) is 7.13. The van der Waals surface area contributed by atoms with Crippen LogP contribution in [0.3, 0.4) is 0 Å². The zero-order valence-electron chi connectivity index (χ0n) is 14.2. The maximum atomic E-state index is 12.8. The number of amides is 1. The van der Waals surface area contributed by atoms with Gasteiger partial charge in [-0.1, -0.05) is 35.9 Å². The lowest BCUT2D eigenvalue weighted by Gasteiger charge is -2.23. The molecule has 140 valence electrons. The smallest absolute Gasteiger partial charge is 0.307 e. The zero-order valence-corrected chi connectivity index (χ0v) is 16.5. The molecular weight excluding hydrogens is 434 g/mol. The summed E-state index contributed by atoms with van der Waals surface area (Å²) in [6.45, 7) is 0.528. The lowest BCUT2D eigenvalue weighted by molar-refractivity contribution is -0.146. The number of allylic oxidation sites excluding steroid dienone is 2. The van der Waals surface area contributed by atoms with E-state index in [2.05, 4.69) is 26.3 Å². The number of fused-ring (bicyclic) bond motifs is 2. The van der Waals surface area contributed by atoms with E-state index < -0.39 is 17.8 Å². The second-order valence-corrected chi connectivity index (χ2v) is 8.27. The van der Waals surface area contributed by atoms with Gasteiger partial charge in [-0.3, -0.25) is 14.3 Å². The molecule has 2 aliphatic rings. The van der Waals surface area contributed by atoms with Gasteiger partial charge in [0.05, 0.1) is 22.9 Å². The van der Waals surface area contributed by atoms with Gasteiger partial charge < -0.3 is 10.4 Å². The van der Waals surface area contributed by atoms with E-state index in [1.54, 1.807) is 10.9 Å². The summed E-state index contributed by atoms with van der Waals surface area (Å²) in [5, 5.41) is 17.4. The molecule has 2 bridgehead atoms. The third-order valence-electron chi connectivity index (χ3n) is 5.26. The van der Waals surface area contributed by atoms with E-state index in [4.69, 9.17) is 11.6 Å². The first-order valence-electron chi connectivity index (χ1n) is 8.62. The number of benzene rings is 1. The number of hydrogen-bond acceptors (Lipinski definition) is 3. The highest BCUT2D eigenvalue weighted by atomic mass is 79.9. The minimum atomic E-state index is -0.917. The summed E-state index contributed by atoms with van der Waals surface area (Å²) in [7, 11) is 0. The molecule has 0 saturated heterocycles. The van der Waals surface area contributed by atoms with Crippen molar-refractivity contribution in [3.63, 3.8) is 0 Å². The topological polar surface area (TPSA) is 84.2 Å². The zero-order chi connectivity index (χ0) is 19.1. The van der Waals surface area contributed by atoms with Crippen molar-refractivity contribution in [3.05, 3.63) is 57.7 Å². The third-order valence-corrected chi connectivity index (χ3v) is 6.10. The van der Waals surface area contributed by atoms with Crippen LogP contribution in [0.2, 0.25) is 5.02 Å². The van der Waals surface area contributed by atoms with Crippen LogP contribution in [0.25, 0.3) is 0 Å². The van der Waals surface area contributed by atoms with Crippen molar-refractivity contribution in [3.8, 4) is 0 Å². The molecule has 0 radical (unpaired) electrons. The van der Waals surface area contributed by atoms with Gasteiger partial charge >= 0.3 is 5.97 Å². The number of nitrogens with zero attached hydrogens (tertiary/aromatic N) is 2. The number of nitrogens with one attached hydrogen (secondary N) is 1. The highest BCUT2D eigenvalue weighted by molar-refractivity contribution is 9.10. The normalized spacial score (nSPS) is 25.7. The molecule has 27 heavy (non-hydrogen) atoms. The van der Waals surface area contributed by atoms with E-state index in [1.807, 2.05) is 36.4 Å². The molecule has 6 nitrogen and oxygen atoms in total. The summed E-state index contributed by atoms with van der Waals surface area (Å²) >= 11 is 9.32. The van der Waals surface area contributed by atoms with Gasteiger partial charge in [0.25, 0.3) is 0 Å². The van der Waals surface area contributed by atoms with Crippen LogP contribution in [0.15, 0.2) is 47.1 Å². The quantitative estimate of drug-likeness (QED) is 0.679. The lowest BCUT2D eigenvalue weighted by Crippen LogP contribution is -2.36. The summed E-state index contributed by atoms with van der Waals surface area (Å²) in [5.74, 6) is -2.14. The molecule has 1 saturated carbocycles. The van der Waals surface area contributed by atoms with Crippen LogP contribution in [0.1, 0.15) is 12.0 Å². The number of carbonyl (C=O) groups is 2. The van der Waals surface area contributed by atoms with Crippen LogP contribution in [0, 0.1) is 23.7 Å². The fourth-order valence-corrected chi connectivity index (χ4v) is 4.60. The first-order chi connectivity index (χ1) is 12.9. The first kappa shape index (κ1) is 18.3. The molecule has 2 aromatic rings. The van der Waals surface area contributed by atoms with Gasteiger partial charge in [-0.05, 0) is 51.9 Å². The Morgan fingerprint density at radius 2 is 1.89 bits per heavy atom. The monoisotopic (exact) mass is 449 g/mol. The standard InChI is InChI=1S/C19H17BrClN3O3/c20-14-9-24(8-10-1-5-13(21)6-2-10)23-17(14)22-18(25)15-11-3-4-12(7-11)16(15)19(26)27/h1-6,9,11-12,15-16H,7-8H2,(H,26,27)(H,22,23,25)/t11-,12-,15+,16-/m0/s1. The molecule has 2 N–H and O–H groups in total. The molecule has 1 fully saturated rings. The molecule has 1 heterocycles. The fraction of sp³-hybridized carbons (Fsp3) is 0.316. The molecule has 1 amide bonds. The third kappa shape index (κ3) is 3.53. The van der Waals surface area contributed by atoms with Crippen molar-refractivity contribution in [2.75, 3.05) is 5.32 Å². The van der Waals surface area contributed by atoms with Gasteiger partial charge in [0.2, 0.25) is 5.91 Å². The lowest BCUT2D eigenvalue weighted by atomic mass is 9.82. The predicted molar refractivity (Wildman–Crippen MR) is 104 cm³/mol. The molecule has 4 atom stereocenters. The van der Waals surface area contributed by atoms with Crippen molar-refractivity contribution >= 4 is 45.2 Å². The summed E-state index contributed by atoms with van der Waals surface area (Å²) < 4.78 is 2.36. The number of aromatic nitrogens is 2. The molecule has 8 heteroatoms. The number of hydrogen-bond donors (Lipinski definition) is 2. The molecule has 2 aliphatic carbocycles. The minimum Gasteiger partial charge on any atom is -0.481 e. The molecule has 0 aliphatic heterocycles. The Hall–Kier alpha value is -2.12. The first-order valence-corrected chi connectivity index (χ1v) is 9.79. The highest BCUT2D eigenvalue weighted by Gasteiger charge is 2.51. The molecule has 0 spiro atoms. The Balaban J connectivity index is 1.49. The van der Waals surface area contributed by atoms with E-state index in [0.717, 1.165) is 12.0 Å². The SMILES string of the molecule is O=C(O)[C@@H]1[C@H](C(=O)Nc2nn(Cc3ccc(Cl)cc3)cc2Br)[C@H]2C=C[C@H]1C2. The van der Waals surface area contributed by atoms with Crippen LogP contribution >= 0.6 is 27.5 Å². The Morgan fingerprint density at radius 3 is 2.56 bits per heavy atom. The number of carboxylic acid groups (broad SMARTS) is 1. The predicted octanol–water partition coefficient (Wildman–Crippen LogP) is 3.81. The van der Waals surface area contributed by atoms with Crippen LogP contribution < -0.4 is 5.32 Å². The van der Waals surface area contributed by atoms with Gasteiger partial charge in [0, 0.05) is 11.2 Å². The highest BCUT2D eigenvalue weighted by Crippen LogP contribution is 2.48. The Labute approximate surface area is 169 Å². The van der Waals surface area contributed by atoms with Crippen LogP contribution in [-0.4, -0.2) is 26.8 Å². The van der Waals surface area contributed by atoms with Crippen LogP contribution in [-0.2, 0) is 16.1 Å². The number of halogens is 2. The summed E-state index contributed by atoms with van der Waals surface area (Å²) in [4.78, 5) is 24.4. The van der Waals surface area contributed by atoms with Gasteiger partial charge in [-0.2, -0.15) is 5.10 Å². The van der Waals surface area contributed by atoms with Crippen LogP contribution in [0.5, 0.6) is 0 Å². The maximum absolute atomic E-state index is 12.8. The van der Waals surface area contributed by atoms with E-state index in [9.17, 15) is 14.7 Å². The largest absolute Gasteiger partial charge is 0.481 e. The van der Waals surface area contributed by atoms with Gasteiger partial charge in [0.15, 0.2) is 5.82 Å². The van der Waals surface area contributed by atoms with Crippen molar-refractivity contribution in [1.82, 2.24) is 9.78 Å². The second-order valence-electron chi connectivity index (χ2n) is 6.98. The average molecular weight is 451 g/mol. The van der Waals surface area contributed by atoms with E-state index in [-0.39, 0.29) is 17.7 Å². The number of carboxylic acids is 1. The summed E-state index contributed by atoms with van der Waals surface area (Å²) in [6.07, 6.45) is 6.38. The molecule has 0 unspecified atom stereocenters. The van der Waals surface area contributed by atoms with Crippen molar-refractivity contribution < 1.29 is 14.7 Å². The van der Waals surface area contributed by atoms with Crippen LogP contribution in [0.4, 0.5) is 5.82 Å². The van der Waals surface area contributed by atoms with Gasteiger partial charge in [-0.25, -0.2) is 0 Å². The van der Waals surface area contributed by atoms with E-state index in [1.165, 1.54) is 0 Å².